The van der Waals surface area contributed by atoms with Crippen molar-refractivity contribution in [2.24, 2.45) is 0 Å². The van der Waals surface area contributed by atoms with Crippen molar-refractivity contribution in [2.45, 2.75) is 26.4 Å². The number of nitrogens with zero attached hydrogens (tertiary/aromatic N) is 1. The van der Waals surface area contributed by atoms with Crippen molar-refractivity contribution in [1.29, 1.82) is 0 Å². The molecule has 84 valence electrons. The molecule has 1 N–H and O–H groups in total. The van der Waals surface area contributed by atoms with Crippen molar-refractivity contribution >= 4 is 25.2 Å². The summed E-state index contributed by atoms with van der Waals surface area (Å²) in [6, 6.07) is 1.22. The zero-order chi connectivity index (χ0) is 12.3. The number of nitrogens with one attached hydrogen (secondary N) is 1. The zero-order valence-corrected chi connectivity index (χ0v) is 9.37. The maximum atomic E-state index is 13.2. The molecule has 0 spiro atoms. The molecule has 2 radical (unpaired) electrons. The molecule has 0 fully saturated rings. The van der Waals surface area contributed by atoms with Crippen LogP contribution in [0.5, 0.6) is 0 Å². The Bertz CT molecular complexity index is 404. The molecule has 0 atom stereocenters. The van der Waals surface area contributed by atoms with Gasteiger partial charge in [-0.1, -0.05) is 0 Å². The average molecular weight is 222 g/mol. The van der Waals surface area contributed by atoms with Gasteiger partial charge in [-0.25, -0.2) is 9.18 Å². The summed E-state index contributed by atoms with van der Waals surface area (Å²) in [5, 5.41) is 2.25. The van der Waals surface area contributed by atoms with Crippen LogP contribution < -0.4 is 10.9 Å². The van der Waals surface area contributed by atoms with Gasteiger partial charge in [-0.2, -0.15) is 0 Å². The maximum Gasteiger partial charge on any atom is 0.412 e. The lowest BCUT2D eigenvalue weighted by Gasteiger charge is -2.19. The molecular weight excluding hydrogens is 210 g/mol. The van der Waals surface area contributed by atoms with E-state index < -0.39 is 17.5 Å². The van der Waals surface area contributed by atoms with E-state index in [2.05, 4.69) is 10.3 Å². The van der Waals surface area contributed by atoms with Crippen LogP contribution in [0.2, 0.25) is 0 Å². The first-order chi connectivity index (χ1) is 7.28. The Morgan fingerprint density at radius 1 is 1.56 bits per heavy atom. The number of rotatable bonds is 1. The maximum absolute atomic E-state index is 13.2. The van der Waals surface area contributed by atoms with Gasteiger partial charge < -0.3 is 4.74 Å². The van der Waals surface area contributed by atoms with Gasteiger partial charge in [0.05, 0.1) is 11.9 Å². The summed E-state index contributed by atoms with van der Waals surface area (Å²) in [4.78, 5) is 14.9. The molecule has 16 heavy (non-hydrogen) atoms. The monoisotopic (exact) mass is 222 g/mol. The number of anilines is 1. The summed E-state index contributed by atoms with van der Waals surface area (Å²) in [5.74, 6) is -0.667. The van der Waals surface area contributed by atoms with E-state index >= 15 is 0 Å². The molecule has 0 unspecified atom stereocenters. The fourth-order valence-electron chi connectivity index (χ4n) is 0.964. The standard InChI is InChI=1S/C10H12BFN2O2/c1-10(2,3)16-9(15)14-7-4-8(11)13-5-6(7)12/h4-5H,1-3H3,(H,13,14,15). The van der Waals surface area contributed by atoms with E-state index in [0.29, 0.717) is 0 Å². The topological polar surface area (TPSA) is 51.2 Å². The molecule has 0 aliphatic carbocycles. The predicted molar refractivity (Wildman–Crippen MR) is 59.4 cm³/mol. The molecule has 0 saturated carbocycles. The average Bonchev–Trinajstić information content (AvgIpc) is 2.08. The Balaban J connectivity index is 2.73. The van der Waals surface area contributed by atoms with Crippen LogP contribution >= 0.6 is 0 Å². The molecule has 1 aromatic heterocycles. The number of pyridine rings is 1. The van der Waals surface area contributed by atoms with Gasteiger partial charge in [0.15, 0.2) is 5.82 Å². The minimum Gasteiger partial charge on any atom is -0.444 e. The lowest BCUT2D eigenvalue weighted by Crippen LogP contribution is -2.28. The van der Waals surface area contributed by atoms with Crippen LogP contribution in [0.3, 0.4) is 0 Å². The minimum atomic E-state index is -0.739. The van der Waals surface area contributed by atoms with Crippen molar-refractivity contribution in [3.8, 4) is 0 Å². The highest BCUT2D eigenvalue weighted by molar-refractivity contribution is 6.30. The lowest BCUT2D eigenvalue weighted by molar-refractivity contribution is 0.0635. The molecule has 1 rings (SSSR count). The first-order valence-electron chi connectivity index (χ1n) is 4.69. The molecule has 0 bridgehead atoms. The summed E-state index contributed by atoms with van der Waals surface area (Å²) in [6.07, 6.45) is 0.194. The van der Waals surface area contributed by atoms with Gasteiger partial charge in [-0.3, -0.25) is 10.3 Å². The third-order valence-electron chi connectivity index (χ3n) is 1.51. The fourth-order valence-corrected chi connectivity index (χ4v) is 0.964. The van der Waals surface area contributed by atoms with E-state index in [4.69, 9.17) is 12.6 Å². The van der Waals surface area contributed by atoms with Crippen LogP contribution in [0.1, 0.15) is 20.8 Å². The van der Waals surface area contributed by atoms with Gasteiger partial charge in [-0.15, -0.1) is 0 Å². The highest BCUT2D eigenvalue weighted by Gasteiger charge is 2.17. The van der Waals surface area contributed by atoms with Gasteiger partial charge in [0, 0.05) is 0 Å². The number of amides is 1. The molecule has 0 aliphatic heterocycles. The Kier molecular flexibility index (Phi) is 3.52. The van der Waals surface area contributed by atoms with Crippen LogP contribution in [0.25, 0.3) is 0 Å². The Morgan fingerprint density at radius 2 is 2.19 bits per heavy atom. The predicted octanol–water partition coefficient (Wildman–Crippen LogP) is 1.36. The van der Waals surface area contributed by atoms with E-state index in [0.717, 1.165) is 6.20 Å². The number of hydrogen-bond donors (Lipinski definition) is 1. The van der Waals surface area contributed by atoms with Crippen molar-refractivity contribution in [3.63, 3.8) is 0 Å². The molecule has 0 aromatic carbocycles. The number of halogens is 1. The fraction of sp³-hybridized carbons (Fsp3) is 0.400. The number of carbonyl (C=O) groups is 1. The second kappa shape index (κ2) is 4.51. The van der Waals surface area contributed by atoms with Crippen LogP contribution in [0.15, 0.2) is 12.3 Å². The first-order valence-corrected chi connectivity index (χ1v) is 4.69. The van der Waals surface area contributed by atoms with E-state index in [1.54, 1.807) is 20.8 Å². The molecular formula is C10H12BFN2O2. The quantitative estimate of drug-likeness (QED) is 0.730. The summed E-state index contributed by atoms with van der Waals surface area (Å²) in [6.45, 7) is 5.14. The largest absolute Gasteiger partial charge is 0.444 e. The minimum absolute atomic E-state index is 0.0539. The smallest absolute Gasteiger partial charge is 0.412 e. The highest BCUT2D eigenvalue weighted by Crippen LogP contribution is 2.13. The second-order valence-electron chi connectivity index (χ2n) is 4.22. The van der Waals surface area contributed by atoms with Crippen molar-refractivity contribution < 1.29 is 13.9 Å². The van der Waals surface area contributed by atoms with Crippen molar-refractivity contribution in [2.75, 3.05) is 5.32 Å². The first kappa shape index (κ1) is 12.5. The van der Waals surface area contributed by atoms with Crippen LogP contribution in [0, 0.1) is 5.82 Å². The van der Waals surface area contributed by atoms with Gasteiger partial charge in [0.25, 0.3) is 0 Å². The van der Waals surface area contributed by atoms with Crippen LogP contribution in [-0.4, -0.2) is 24.5 Å². The van der Waals surface area contributed by atoms with Crippen molar-refractivity contribution in [3.05, 3.63) is 18.1 Å². The molecule has 1 amide bonds. The normalized spacial score (nSPS) is 11.0. The second-order valence-corrected chi connectivity index (χ2v) is 4.22. The third kappa shape index (κ3) is 3.88. The molecule has 1 aromatic rings. The molecule has 0 saturated heterocycles. The number of ether oxygens (including phenoxy) is 1. The SMILES string of the molecule is [B]c1cc(NC(=O)OC(C)(C)C)c(F)cn1. The summed E-state index contributed by atoms with van der Waals surface area (Å²) in [7, 11) is 5.36. The van der Waals surface area contributed by atoms with Crippen LogP contribution in [-0.2, 0) is 4.74 Å². The Morgan fingerprint density at radius 3 is 2.75 bits per heavy atom. The Hall–Kier alpha value is -1.59. The third-order valence-corrected chi connectivity index (χ3v) is 1.51. The molecule has 4 nitrogen and oxygen atoms in total. The molecule has 6 heteroatoms. The van der Waals surface area contributed by atoms with E-state index in [1.807, 2.05) is 0 Å². The van der Waals surface area contributed by atoms with Gasteiger partial charge in [0.1, 0.15) is 13.4 Å². The number of hydrogen-bond acceptors (Lipinski definition) is 3. The van der Waals surface area contributed by atoms with Crippen LogP contribution in [0.4, 0.5) is 14.9 Å². The Labute approximate surface area is 94.6 Å². The van der Waals surface area contributed by atoms with Gasteiger partial charge in [-0.05, 0) is 32.4 Å². The number of aromatic nitrogens is 1. The van der Waals surface area contributed by atoms with E-state index in [-0.39, 0.29) is 11.3 Å². The summed E-state index contributed by atoms with van der Waals surface area (Å²) < 4.78 is 18.1. The van der Waals surface area contributed by atoms with E-state index in [9.17, 15) is 9.18 Å². The zero-order valence-electron chi connectivity index (χ0n) is 9.37. The van der Waals surface area contributed by atoms with Gasteiger partial charge >= 0.3 is 6.09 Å². The molecule has 1 heterocycles. The molecule has 0 aliphatic rings. The van der Waals surface area contributed by atoms with Crippen molar-refractivity contribution in [1.82, 2.24) is 4.98 Å². The summed E-state index contributed by atoms with van der Waals surface area (Å²) in [5.41, 5.74) is -0.576. The van der Waals surface area contributed by atoms with Gasteiger partial charge in [0.2, 0.25) is 0 Å². The van der Waals surface area contributed by atoms with E-state index in [1.165, 1.54) is 6.07 Å². The summed E-state index contributed by atoms with van der Waals surface area (Å²) >= 11 is 0. The lowest BCUT2D eigenvalue weighted by atomic mass is 10.0. The number of carbonyl (C=O) groups excluding carboxylic acids is 1. The highest BCUT2D eigenvalue weighted by atomic mass is 19.1.